The summed E-state index contributed by atoms with van der Waals surface area (Å²) in [7, 11) is 0. The summed E-state index contributed by atoms with van der Waals surface area (Å²) < 4.78 is 3.21. The highest BCUT2D eigenvalue weighted by atomic mass is 16.1. The number of nitrogens with one attached hydrogen (secondary N) is 1. The van der Waals surface area contributed by atoms with Crippen molar-refractivity contribution in [2.45, 2.75) is 6.92 Å². The molecule has 0 spiro atoms. The predicted molar refractivity (Wildman–Crippen MR) is 57.7 cm³/mol. The van der Waals surface area contributed by atoms with Crippen LogP contribution in [0.3, 0.4) is 0 Å². The van der Waals surface area contributed by atoms with Crippen molar-refractivity contribution in [3.8, 4) is 5.69 Å². The van der Waals surface area contributed by atoms with Crippen LogP contribution in [0, 0.1) is 6.92 Å². The van der Waals surface area contributed by atoms with Crippen molar-refractivity contribution in [2.24, 2.45) is 0 Å². The summed E-state index contributed by atoms with van der Waals surface area (Å²) in [6, 6.07) is 1.49. The van der Waals surface area contributed by atoms with E-state index in [0.29, 0.717) is 11.3 Å². The number of H-pyrrole nitrogens is 1. The van der Waals surface area contributed by atoms with Gasteiger partial charge in [0.1, 0.15) is 5.69 Å². The lowest BCUT2D eigenvalue weighted by atomic mass is 10.4. The van der Waals surface area contributed by atoms with E-state index in [9.17, 15) is 4.79 Å². The van der Waals surface area contributed by atoms with Gasteiger partial charge >= 0.3 is 0 Å². The van der Waals surface area contributed by atoms with Gasteiger partial charge in [0, 0.05) is 30.4 Å². The van der Waals surface area contributed by atoms with Gasteiger partial charge in [0.15, 0.2) is 5.65 Å². The minimum Gasteiger partial charge on any atom is -0.301 e. The Morgan fingerprint density at radius 2 is 2.31 bits per heavy atom. The molecule has 3 aromatic rings. The molecule has 0 aromatic carbocycles. The molecule has 0 unspecified atom stereocenters. The third kappa shape index (κ3) is 1.16. The molecule has 0 radical (unpaired) electrons. The number of rotatable bonds is 1. The molecular weight excluding hydrogens is 206 g/mol. The van der Waals surface area contributed by atoms with Crippen LogP contribution >= 0.6 is 0 Å². The third-order valence-electron chi connectivity index (χ3n) is 2.39. The van der Waals surface area contributed by atoms with E-state index in [4.69, 9.17) is 0 Å². The molecule has 0 aliphatic carbocycles. The summed E-state index contributed by atoms with van der Waals surface area (Å²) in [6.07, 6.45) is 6.87. The Kier molecular flexibility index (Phi) is 1.70. The molecule has 3 rings (SSSR count). The van der Waals surface area contributed by atoms with E-state index < -0.39 is 0 Å². The van der Waals surface area contributed by atoms with Crippen molar-refractivity contribution in [1.82, 2.24) is 24.1 Å². The van der Waals surface area contributed by atoms with Crippen molar-refractivity contribution >= 4 is 5.65 Å². The molecule has 0 aliphatic heterocycles. The highest BCUT2D eigenvalue weighted by molar-refractivity contribution is 5.57. The van der Waals surface area contributed by atoms with Gasteiger partial charge in [0.25, 0.3) is 5.56 Å². The molecule has 0 amide bonds. The number of fused-ring (bicyclic) bond motifs is 1. The predicted octanol–water partition coefficient (Wildman–Crippen LogP) is 0.517. The van der Waals surface area contributed by atoms with Crippen LogP contribution < -0.4 is 5.56 Å². The monoisotopic (exact) mass is 215 g/mol. The molecule has 16 heavy (non-hydrogen) atoms. The van der Waals surface area contributed by atoms with Crippen LogP contribution in [-0.2, 0) is 0 Å². The van der Waals surface area contributed by atoms with Crippen LogP contribution in [0.25, 0.3) is 11.3 Å². The standard InChI is InChI=1S/C10H9N5O/c1-7-4-9(16)15-10(13-7)8(5-12-15)14-3-2-11-6-14/h2-6,12H,1H3. The molecular formula is C10H9N5O. The van der Waals surface area contributed by atoms with Gasteiger partial charge in [-0.15, -0.1) is 0 Å². The van der Waals surface area contributed by atoms with Crippen LogP contribution in [0.15, 0.2) is 35.8 Å². The molecule has 0 fully saturated rings. The SMILES string of the molecule is Cc1cc(=O)n2[nH]cc(-n3ccnc3)c2n1. The minimum absolute atomic E-state index is 0.117. The Bertz CT molecular complexity index is 692. The van der Waals surface area contributed by atoms with Gasteiger partial charge in [0.2, 0.25) is 0 Å². The molecule has 3 heterocycles. The summed E-state index contributed by atoms with van der Waals surface area (Å²) in [5, 5.41) is 2.86. The zero-order chi connectivity index (χ0) is 11.1. The van der Waals surface area contributed by atoms with Gasteiger partial charge in [-0.3, -0.25) is 9.89 Å². The lowest BCUT2D eigenvalue weighted by molar-refractivity contribution is 0.889. The van der Waals surface area contributed by atoms with Gasteiger partial charge in [-0.25, -0.2) is 9.97 Å². The summed E-state index contributed by atoms with van der Waals surface area (Å²) >= 11 is 0. The topological polar surface area (TPSA) is 68.0 Å². The lowest BCUT2D eigenvalue weighted by Crippen LogP contribution is -2.14. The molecule has 0 saturated heterocycles. The maximum atomic E-state index is 11.6. The van der Waals surface area contributed by atoms with Crippen molar-refractivity contribution in [2.75, 3.05) is 0 Å². The molecule has 6 nitrogen and oxygen atoms in total. The van der Waals surface area contributed by atoms with Gasteiger partial charge in [-0.2, -0.15) is 4.52 Å². The second-order valence-corrected chi connectivity index (χ2v) is 3.52. The molecule has 80 valence electrons. The smallest absolute Gasteiger partial charge is 0.272 e. The highest BCUT2D eigenvalue weighted by Gasteiger charge is 2.08. The molecule has 0 atom stereocenters. The number of nitrogens with zero attached hydrogens (tertiary/aromatic N) is 4. The van der Waals surface area contributed by atoms with Crippen LogP contribution in [0.5, 0.6) is 0 Å². The molecule has 0 bridgehead atoms. The first-order valence-electron chi connectivity index (χ1n) is 4.82. The zero-order valence-electron chi connectivity index (χ0n) is 8.58. The number of hydrogen-bond acceptors (Lipinski definition) is 3. The molecule has 0 saturated carbocycles. The van der Waals surface area contributed by atoms with Crippen LogP contribution in [0.4, 0.5) is 0 Å². The van der Waals surface area contributed by atoms with E-state index in [1.807, 2.05) is 0 Å². The Labute approximate surface area is 90.2 Å². The first-order chi connectivity index (χ1) is 7.75. The lowest BCUT2D eigenvalue weighted by Gasteiger charge is -1.98. The molecule has 0 aliphatic rings. The van der Waals surface area contributed by atoms with Gasteiger partial charge in [0.05, 0.1) is 6.33 Å². The second-order valence-electron chi connectivity index (χ2n) is 3.52. The molecule has 3 aromatic heterocycles. The van der Waals surface area contributed by atoms with E-state index in [1.165, 1.54) is 10.6 Å². The normalized spacial score (nSPS) is 11.1. The fourth-order valence-corrected chi connectivity index (χ4v) is 1.68. The fraction of sp³-hybridized carbons (Fsp3) is 0.100. The van der Waals surface area contributed by atoms with Crippen molar-refractivity contribution in [3.05, 3.63) is 47.0 Å². The van der Waals surface area contributed by atoms with Crippen LogP contribution in [-0.4, -0.2) is 24.1 Å². The number of aryl methyl sites for hydroxylation is 1. The van der Waals surface area contributed by atoms with E-state index in [2.05, 4.69) is 15.1 Å². The van der Waals surface area contributed by atoms with Gasteiger partial charge in [-0.1, -0.05) is 0 Å². The maximum Gasteiger partial charge on any atom is 0.272 e. The number of hydrogen-bond donors (Lipinski definition) is 1. The zero-order valence-corrected chi connectivity index (χ0v) is 8.58. The molecule has 6 heteroatoms. The largest absolute Gasteiger partial charge is 0.301 e. The number of imidazole rings is 1. The Morgan fingerprint density at radius 1 is 1.44 bits per heavy atom. The van der Waals surface area contributed by atoms with E-state index in [1.54, 1.807) is 36.4 Å². The quantitative estimate of drug-likeness (QED) is 0.643. The fourth-order valence-electron chi connectivity index (χ4n) is 1.68. The van der Waals surface area contributed by atoms with Crippen molar-refractivity contribution in [1.29, 1.82) is 0 Å². The van der Waals surface area contributed by atoms with Crippen molar-refractivity contribution < 1.29 is 0 Å². The highest BCUT2D eigenvalue weighted by Crippen LogP contribution is 2.11. The summed E-state index contributed by atoms with van der Waals surface area (Å²) in [6.45, 7) is 1.80. The van der Waals surface area contributed by atoms with Gasteiger partial charge < -0.3 is 4.57 Å². The first kappa shape index (κ1) is 8.90. The summed E-state index contributed by atoms with van der Waals surface area (Å²) in [5.41, 5.74) is 1.99. The molecule has 1 N–H and O–H groups in total. The van der Waals surface area contributed by atoms with Crippen molar-refractivity contribution in [3.63, 3.8) is 0 Å². The minimum atomic E-state index is -0.117. The van der Waals surface area contributed by atoms with Gasteiger partial charge in [-0.05, 0) is 6.92 Å². The average molecular weight is 215 g/mol. The van der Waals surface area contributed by atoms with Crippen LogP contribution in [0.1, 0.15) is 5.69 Å². The summed E-state index contributed by atoms with van der Waals surface area (Å²) in [5.74, 6) is 0. The Morgan fingerprint density at radius 3 is 3.06 bits per heavy atom. The summed E-state index contributed by atoms with van der Waals surface area (Å²) in [4.78, 5) is 19.9. The Balaban J connectivity index is 2.40. The second kappa shape index (κ2) is 3.06. The number of aromatic nitrogens is 5. The van der Waals surface area contributed by atoms with E-state index in [-0.39, 0.29) is 5.56 Å². The number of aromatic amines is 1. The van der Waals surface area contributed by atoms with E-state index in [0.717, 1.165) is 5.69 Å². The Hall–Kier alpha value is -2.37. The first-order valence-corrected chi connectivity index (χ1v) is 4.82. The van der Waals surface area contributed by atoms with Crippen LogP contribution in [0.2, 0.25) is 0 Å². The maximum absolute atomic E-state index is 11.6. The van der Waals surface area contributed by atoms with E-state index >= 15 is 0 Å². The average Bonchev–Trinajstić information content (AvgIpc) is 2.83. The third-order valence-corrected chi connectivity index (χ3v) is 2.39.